The van der Waals surface area contributed by atoms with Crippen LogP contribution in [-0.2, 0) is 21.2 Å². The lowest BCUT2D eigenvalue weighted by Crippen LogP contribution is -2.19. The summed E-state index contributed by atoms with van der Waals surface area (Å²) in [5, 5.41) is 14.7. The molecule has 2 amide bonds. The Morgan fingerprint density at radius 3 is 2.30 bits per heavy atom. The third-order valence-electron chi connectivity index (χ3n) is 7.24. The van der Waals surface area contributed by atoms with Gasteiger partial charge in [-0.3, -0.25) is 4.79 Å². The monoisotopic (exact) mass is 600 g/mol. The van der Waals surface area contributed by atoms with Gasteiger partial charge in [-0.2, -0.15) is 0 Å². The maximum Gasteiger partial charge on any atom is 0.323 e. The van der Waals surface area contributed by atoms with Gasteiger partial charge in [-0.25, -0.2) is 13.2 Å². The number of aliphatic carboxylic acids is 1. The van der Waals surface area contributed by atoms with Gasteiger partial charge in [0.25, 0.3) is 0 Å². The van der Waals surface area contributed by atoms with E-state index in [4.69, 9.17) is 14.6 Å². The molecule has 0 fully saturated rings. The van der Waals surface area contributed by atoms with Crippen LogP contribution in [0.15, 0.2) is 83.8 Å². The van der Waals surface area contributed by atoms with Crippen molar-refractivity contribution in [2.24, 2.45) is 0 Å². The average molecular weight is 601 g/mol. The van der Waals surface area contributed by atoms with E-state index in [9.17, 15) is 18.0 Å². The lowest BCUT2D eigenvalue weighted by Gasteiger charge is -2.15. The van der Waals surface area contributed by atoms with Crippen LogP contribution in [0.1, 0.15) is 34.6 Å². The van der Waals surface area contributed by atoms with Gasteiger partial charge in [-0.15, -0.1) is 0 Å². The first-order valence-corrected chi connectivity index (χ1v) is 15.6. The van der Waals surface area contributed by atoms with Gasteiger partial charge in [0, 0.05) is 35.2 Å². The molecule has 1 aliphatic heterocycles. The standard InChI is InChI=1S/C33H32N2O7S/c1-20-13-26(35-33(38)34-25-7-10-28(11-8-25)43(3,39)40)14-21(2)32(20)23-6-4-5-22(15-23)18-41-27-9-12-29-24(16-31(36)37)19-42-30(29)17-27/h4-15,17,24H,16,18-19H2,1-3H3,(H,36,37)(H2,34,35,38). The number of nitrogens with one attached hydrogen (secondary N) is 2. The molecule has 0 saturated heterocycles. The summed E-state index contributed by atoms with van der Waals surface area (Å²) in [5.41, 5.74) is 7.02. The van der Waals surface area contributed by atoms with Crippen molar-refractivity contribution in [1.82, 2.24) is 0 Å². The van der Waals surface area contributed by atoms with Crippen molar-refractivity contribution in [2.45, 2.75) is 37.7 Å². The summed E-state index contributed by atoms with van der Waals surface area (Å²) in [6, 6.07) is 22.9. The molecule has 10 heteroatoms. The Balaban J connectivity index is 1.24. The van der Waals surface area contributed by atoms with E-state index in [0.29, 0.717) is 36.1 Å². The van der Waals surface area contributed by atoms with Gasteiger partial charge < -0.3 is 25.2 Å². The largest absolute Gasteiger partial charge is 0.492 e. The quantitative estimate of drug-likeness (QED) is 0.199. The summed E-state index contributed by atoms with van der Waals surface area (Å²) in [4.78, 5) is 23.9. The van der Waals surface area contributed by atoms with Gasteiger partial charge >= 0.3 is 12.0 Å². The number of ether oxygens (including phenoxy) is 2. The maximum absolute atomic E-state index is 12.6. The lowest BCUT2D eigenvalue weighted by atomic mass is 9.94. The third kappa shape index (κ3) is 7.15. The van der Waals surface area contributed by atoms with E-state index in [1.807, 2.05) is 62.4 Å². The normalized spacial score (nSPS) is 14.0. The zero-order valence-electron chi connectivity index (χ0n) is 24.0. The van der Waals surface area contributed by atoms with Crippen LogP contribution in [0.4, 0.5) is 16.2 Å². The molecule has 0 bridgehead atoms. The van der Waals surface area contributed by atoms with Crippen LogP contribution in [-0.4, -0.2) is 38.4 Å². The number of rotatable bonds is 9. The second-order valence-corrected chi connectivity index (χ2v) is 12.7. The third-order valence-corrected chi connectivity index (χ3v) is 8.37. The van der Waals surface area contributed by atoms with Crippen molar-refractivity contribution >= 4 is 33.2 Å². The van der Waals surface area contributed by atoms with Gasteiger partial charge in [0.2, 0.25) is 0 Å². The first kappa shape index (κ1) is 29.7. The van der Waals surface area contributed by atoms with E-state index < -0.39 is 21.8 Å². The van der Waals surface area contributed by atoms with Gasteiger partial charge in [0.15, 0.2) is 9.84 Å². The minimum absolute atomic E-state index is 0.0342. The molecule has 222 valence electrons. The molecule has 0 radical (unpaired) electrons. The van der Waals surface area contributed by atoms with Crippen LogP contribution in [0.5, 0.6) is 11.5 Å². The fourth-order valence-electron chi connectivity index (χ4n) is 5.28. The summed E-state index contributed by atoms with van der Waals surface area (Å²) in [6.07, 6.45) is 1.17. The zero-order valence-corrected chi connectivity index (χ0v) is 24.8. The number of carbonyl (C=O) groups excluding carboxylic acids is 1. The number of hydrogen-bond acceptors (Lipinski definition) is 6. The second-order valence-electron chi connectivity index (χ2n) is 10.7. The number of sulfone groups is 1. The Morgan fingerprint density at radius 2 is 1.63 bits per heavy atom. The van der Waals surface area contributed by atoms with Crippen molar-refractivity contribution in [3.8, 4) is 22.6 Å². The van der Waals surface area contributed by atoms with Crippen LogP contribution in [0.2, 0.25) is 0 Å². The molecule has 3 N–H and O–H groups in total. The molecule has 4 aromatic carbocycles. The highest BCUT2D eigenvalue weighted by atomic mass is 32.2. The number of aryl methyl sites for hydroxylation is 2. The van der Waals surface area contributed by atoms with E-state index in [1.165, 1.54) is 12.1 Å². The molecular weight excluding hydrogens is 568 g/mol. The van der Waals surface area contributed by atoms with E-state index in [-0.39, 0.29) is 17.2 Å². The number of carboxylic acids is 1. The number of benzene rings is 4. The van der Waals surface area contributed by atoms with Crippen LogP contribution < -0.4 is 20.1 Å². The molecule has 0 aromatic heterocycles. The Kier molecular flexibility index (Phi) is 8.40. The van der Waals surface area contributed by atoms with Crippen LogP contribution >= 0.6 is 0 Å². The van der Waals surface area contributed by atoms with Gasteiger partial charge in [0.05, 0.1) is 17.9 Å². The minimum Gasteiger partial charge on any atom is -0.492 e. The molecule has 9 nitrogen and oxygen atoms in total. The number of hydrogen-bond donors (Lipinski definition) is 3. The molecule has 1 atom stereocenters. The number of amides is 2. The molecule has 4 aromatic rings. The molecule has 0 aliphatic carbocycles. The summed E-state index contributed by atoms with van der Waals surface area (Å²) in [6.45, 7) is 4.67. The molecule has 43 heavy (non-hydrogen) atoms. The van der Waals surface area contributed by atoms with E-state index in [1.54, 1.807) is 12.1 Å². The summed E-state index contributed by atoms with van der Waals surface area (Å²) in [5.74, 6) is 0.310. The van der Waals surface area contributed by atoms with Crippen molar-refractivity contribution < 1.29 is 32.6 Å². The van der Waals surface area contributed by atoms with Crippen LogP contribution in [0.25, 0.3) is 11.1 Å². The summed E-state index contributed by atoms with van der Waals surface area (Å²) < 4.78 is 35.0. The Labute approximate surface area is 250 Å². The molecular formula is C33H32N2O7S. The number of urea groups is 1. The number of carbonyl (C=O) groups is 2. The fraction of sp³-hybridized carbons (Fsp3) is 0.212. The van der Waals surface area contributed by atoms with Crippen LogP contribution in [0.3, 0.4) is 0 Å². The Bertz CT molecular complexity index is 1780. The molecule has 0 saturated carbocycles. The molecule has 1 unspecified atom stereocenters. The van der Waals surface area contributed by atoms with Crippen LogP contribution in [0, 0.1) is 13.8 Å². The maximum atomic E-state index is 12.6. The zero-order chi connectivity index (χ0) is 30.7. The molecule has 0 spiro atoms. The first-order chi connectivity index (χ1) is 20.5. The Hall–Kier alpha value is -4.83. The minimum atomic E-state index is -3.31. The summed E-state index contributed by atoms with van der Waals surface area (Å²) >= 11 is 0. The molecule has 1 heterocycles. The van der Waals surface area contributed by atoms with Crippen molar-refractivity contribution in [2.75, 3.05) is 23.5 Å². The average Bonchev–Trinajstić information content (AvgIpc) is 3.32. The second kappa shape index (κ2) is 12.2. The Morgan fingerprint density at radius 1 is 0.930 bits per heavy atom. The predicted octanol–water partition coefficient (Wildman–Crippen LogP) is 6.55. The smallest absolute Gasteiger partial charge is 0.323 e. The first-order valence-electron chi connectivity index (χ1n) is 13.7. The highest BCUT2D eigenvalue weighted by Gasteiger charge is 2.26. The SMILES string of the molecule is Cc1cc(NC(=O)Nc2ccc(S(C)(=O)=O)cc2)cc(C)c1-c1cccc(COc2ccc3c(c2)OCC3CC(=O)O)c1. The molecule has 5 rings (SSSR count). The topological polar surface area (TPSA) is 131 Å². The summed E-state index contributed by atoms with van der Waals surface area (Å²) in [7, 11) is -3.31. The van der Waals surface area contributed by atoms with Crippen molar-refractivity contribution in [1.29, 1.82) is 0 Å². The van der Waals surface area contributed by atoms with E-state index >= 15 is 0 Å². The molecule has 1 aliphatic rings. The highest BCUT2D eigenvalue weighted by molar-refractivity contribution is 7.90. The van der Waals surface area contributed by atoms with Gasteiger partial charge in [0.1, 0.15) is 18.1 Å². The van der Waals surface area contributed by atoms with Crippen molar-refractivity contribution in [3.05, 3.63) is 101 Å². The van der Waals surface area contributed by atoms with Gasteiger partial charge in [-0.05, 0) is 90.2 Å². The number of anilines is 2. The van der Waals surface area contributed by atoms with Crippen molar-refractivity contribution in [3.63, 3.8) is 0 Å². The van der Waals surface area contributed by atoms with Gasteiger partial charge in [-0.1, -0.05) is 24.3 Å². The van der Waals surface area contributed by atoms with E-state index in [2.05, 4.69) is 16.7 Å². The number of carboxylic acid groups (broad SMARTS) is 1. The lowest BCUT2D eigenvalue weighted by molar-refractivity contribution is -0.137. The van der Waals surface area contributed by atoms with E-state index in [0.717, 1.165) is 39.6 Å². The predicted molar refractivity (Wildman–Crippen MR) is 165 cm³/mol. The highest BCUT2D eigenvalue weighted by Crippen LogP contribution is 2.38. The number of fused-ring (bicyclic) bond motifs is 1. The fourth-order valence-corrected chi connectivity index (χ4v) is 5.91.